The fourth-order valence-electron chi connectivity index (χ4n) is 5.85. The van der Waals surface area contributed by atoms with Gasteiger partial charge in [-0.3, -0.25) is 9.59 Å². The Hall–Kier alpha value is -5.13. The Morgan fingerprint density at radius 3 is 2.14 bits per heavy atom. The van der Waals surface area contributed by atoms with Gasteiger partial charge in [-0.05, 0) is 18.2 Å². The maximum atomic E-state index is 12.5. The summed E-state index contributed by atoms with van der Waals surface area (Å²) in [5.74, 6) is -2.28. The standard InChI is InChI=1S/C36H38O20S/c1-48-26(40)4-6-57-7-5-27(41)49-14-25-30(44)31(45)32(46)36(56-25)55-24-9-16-21(11-18(24)38)52-29(43)12-22(16)53-34-19(39)13-50-35(33(34)47)54-23-8-15-2-3-28(42)51-20(15)10-17(23)37/h2-3,8-12,19,25,30-39,44-47H,4-7,13-14H2,1H3. The number of hydrogen-bond donors (Lipinski definition) is 7. The molecule has 20 nitrogen and oxygen atoms in total. The first-order valence-corrected chi connectivity index (χ1v) is 18.4. The van der Waals surface area contributed by atoms with Gasteiger partial charge in [0.2, 0.25) is 12.6 Å². The molecule has 21 heteroatoms. The van der Waals surface area contributed by atoms with Crippen LogP contribution in [0.2, 0.25) is 0 Å². The Balaban J connectivity index is 1.15. The zero-order chi connectivity index (χ0) is 41.0. The van der Waals surface area contributed by atoms with Crippen molar-refractivity contribution in [3.8, 4) is 28.7 Å². The van der Waals surface area contributed by atoms with E-state index in [1.165, 1.54) is 31.0 Å². The van der Waals surface area contributed by atoms with Gasteiger partial charge in [-0.1, -0.05) is 0 Å². The molecular weight excluding hydrogens is 784 g/mol. The molecular formula is C36H38O20S. The quantitative estimate of drug-likeness (QED) is 0.0485. The van der Waals surface area contributed by atoms with Crippen LogP contribution in [0.3, 0.4) is 0 Å². The summed E-state index contributed by atoms with van der Waals surface area (Å²) in [7, 11) is 1.27. The fourth-order valence-corrected chi connectivity index (χ4v) is 6.68. The summed E-state index contributed by atoms with van der Waals surface area (Å²) in [6.07, 6.45) is -14.8. The lowest BCUT2D eigenvalue weighted by Crippen LogP contribution is -2.60. The van der Waals surface area contributed by atoms with Gasteiger partial charge in [-0.25, -0.2) is 9.59 Å². The molecule has 0 saturated carbocycles. The predicted octanol–water partition coefficient (Wildman–Crippen LogP) is -0.369. The molecule has 2 aliphatic rings. The van der Waals surface area contributed by atoms with E-state index < -0.39 is 103 Å². The van der Waals surface area contributed by atoms with E-state index in [-0.39, 0.29) is 46.9 Å². The van der Waals surface area contributed by atoms with Crippen molar-refractivity contribution in [3.05, 3.63) is 63.3 Å². The third-order valence-electron chi connectivity index (χ3n) is 8.87. The lowest BCUT2D eigenvalue weighted by atomic mass is 9.99. The van der Waals surface area contributed by atoms with E-state index in [2.05, 4.69) is 4.74 Å². The van der Waals surface area contributed by atoms with E-state index in [0.29, 0.717) is 16.9 Å². The van der Waals surface area contributed by atoms with Crippen LogP contribution in [0.5, 0.6) is 28.7 Å². The number of thioether (sulfide) groups is 1. The number of esters is 2. The number of carbonyl (C=O) groups excluding carboxylic acids is 2. The summed E-state index contributed by atoms with van der Waals surface area (Å²) in [6.45, 7) is -0.996. The monoisotopic (exact) mass is 822 g/mol. The molecule has 9 unspecified atom stereocenters. The Labute approximate surface area is 324 Å². The van der Waals surface area contributed by atoms with Gasteiger partial charge in [0, 0.05) is 35.1 Å². The fraction of sp³-hybridized carbons (Fsp3) is 0.444. The summed E-state index contributed by atoms with van der Waals surface area (Å²) in [6, 6.07) is 8.00. The van der Waals surface area contributed by atoms with Crippen LogP contribution >= 0.6 is 11.8 Å². The largest absolute Gasteiger partial charge is 0.504 e. The number of aliphatic hydroxyl groups is 5. The van der Waals surface area contributed by atoms with Crippen molar-refractivity contribution in [2.75, 3.05) is 31.8 Å². The lowest BCUT2D eigenvalue weighted by Gasteiger charge is -2.40. The number of fused-ring (bicyclic) bond motifs is 2. The normalized spacial score (nSPS) is 26.2. The molecule has 2 aliphatic heterocycles. The highest BCUT2D eigenvalue weighted by molar-refractivity contribution is 7.99. The minimum atomic E-state index is -1.89. The van der Waals surface area contributed by atoms with Crippen molar-refractivity contribution in [2.45, 2.75) is 68.1 Å². The van der Waals surface area contributed by atoms with Crippen LogP contribution in [0.15, 0.2) is 60.9 Å². The first-order valence-electron chi connectivity index (χ1n) is 17.3. The maximum Gasteiger partial charge on any atom is 0.339 e. The Kier molecular flexibility index (Phi) is 13.1. The van der Waals surface area contributed by atoms with E-state index in [0.717, 1.165) is 30.3 Å². The third-order valence-corrected chi connectivity index (χ3v) is 9.85. The summed E-state index contributed by atoms with van der Waals surface area (Å²) < 4.78 is 48.4. The lowest BCUT2D eigenvalue weighted by molar-refractivity contribution is -0.278. The first kappa shape index (κ1) is 41.5. The van der Waals surface area contributed by atoms with Gasteiger partial charge >= 0.3 is 23.2 Å². The SMILES string of the molecule is COC(=O)CCSCCC(=O)OCC1OC(Oc2cc3c(OC4C(O)COC(Oc5cc6ccc(=O)oc6cc5O)C4O)cc(=O)oc3cc2O)C(O)C(O)C1O. The maximum absolute atomic E-state index is 12.5. The van der Waals surface area contributed by atoms with Gasteiger partial charge in [0.1, 0.15) is 54.0 Å². The van der Waals surface area contributed by atoms with Crippen molar-refractivity contribution in [1.82, 2.24) is 0 Å². The molecule has 4 heterocycles. The van der Waals surface area contributed by atoms with Crippen LogP contribution in [0.4, 0.5) is 0 Å². The zero-order valence-corrected chi connectivity index (χ0v) is 30.6. The number of hydrogen-bond acceptors (Lipinski definition) is 21. The highest BCUT2D eigenvalue weighted by Crippen LogP contribution is 2.39. The van der Waals surface area contributed by atoms with Gasteiger partial charge in [0.05, 0.1) is 38.0 Å². The van der Waals surface area contributed by atoms with Gasteiger partial charge in [0.25, 0.3) is 0 Å². The molecule has 0 amide bonds. The average Bonchev–Trinajstić information content (AvgIpc) is 3.17. The molecule has 2 fully saturated rings. The van der Waals surface area contributed by atoms with Gasteiger partial charge in [-0.15, -0.1) is 0 Å². The van der Waals surface area contributed by atoms with Crippen molar-refractivity contribution in [2.24, 2.45) is 0 Å². The zero-order valence-electron chi connectivity index (χ0n) is 29.8. The second kappa shape index (κ2) is 18.0. The van der Waals surface area contributed by atoms with Crippen molar-refractivity contribution in [3.63, 3.8) is 0 Å². The number of phenols is 2. The summed E-state index contributed by atoms with van der Waals surface area (Å²) in [5.41, 5.74) is -1.78. The number of aliphatic hydroxyl groups excluding tert-OH is 5. The van der Waals surface area contributed by atoms with E-state index in [9.17, 15) is 54.9 Å². The van der Waals surface area contributed by atoms with Crippen LogP contribution in [-0.2, 0) is 28.5 Å². The average molecular weight is 823 g/mol. The van der Waals surface area contributed by atoms with E-state index >= 15 is 0 Å². The molecule has 6 rings (SSSR count). The second-order valence-corrected chi connectivity index (χ2v) is 14.0. The highest BCUT2D eigenvalue weighted by Gasteiger charge is 2.46. The topological polar surface area (TPSA) is 301 Å². The third kappa shape index (κ3) is 9.71. The minimum Gasteiger partial charge on any atom is -0.504 e. The molecule has 57 heavy (non-hydrogen) atoms. The Morgan fingerprint density at radius 1 is 0.737 bits per heavy atom. The molecule has 9 atom stereocenters. The number of benzene rings is 2. The van der Waals surface area contributed by atoms with Gasteiger partial charge in [-0.2, -0.15) is 11.8 Å². The molecule has 308 valence electrons. The number of methoxy groups -OCH3 is 1. The molecule has 4 aromatic rings. The van der Waals surface area contributed by atoms with Crippen LogP contribution in [-0.4, -0.2) is 135 Å². The predicted molar refractivity (Wildman–Crippen MR) is 192 cm³/mol. The van der Waals surface area contributed by atoms with Crippen LogP contribution in [0.1, 0.15) is 12.8 Å². The summed E-state index contributed by atoms with van der Waals surface area (Å²) >= 11 is 1.32. The molecule has 0 radical (unpaired) electrons. The number of aromatic hydroxyl groups is 2. The second-order valence-electron chi connectivity index (χ2n) is 12.8. The first-order chi connectivity index (χ1) is 27.2. The highest BCUT2D eigenvalue weighted by atomic mass is 32.2. The molecule has 2 aromatic heterocycles. The summed E-state index contributed by atoms with van der Waals surface area (Å²) in [5, 5.41) is 75.3. The van der Waals surface area contributed by atoms with Crippen LogP contribution < -0.4 is 25.5 Å². The minimum absolute atomic E-state index is 0.0448. The number of rotatable bonds is 14. The smallest absolute Gasteiger partial charge is 0.339 e. The van der Waals surface area contributed by atoms with Crippen molar-refractivity contribution < 1.29 is 87.3 Å². The van der Waals surface area contributed by atoms with Crippen LogP contribution in [0.25, 0.3) is 21.9 Å². The number of phenolic OH excluding ortho intramolecular Hbond substituents is 2. The van der Waals surface area contributed by atoms with Crippen LogP contribution in [0, 0.1) is 0 Å². The van der Waals surface area contributed by atoms with Gasteiger partial charge in [0.15, 0.2) is 35.2 Å². The Morgan fingerprint density at radius 2 is 1.40 bits per heavy atom. The molecule has 2 aromatic carbocycles. The van der Waals surface area contributed by atoms with Gasteiger partial charge < -0.3 is 77.7 Å². The molecule has 7 N–H and O–H groups in total. The molecule has 2 saturated heterocycles. The van der Waals surface area contributed by atoms with E-state index in [1.54, 1.807) is 0 Å². The Bertz CT molecular complexity index is 2190. The molecule has 0 aliphatic carbocycles. The molecule has 0 spiro atoms. The van der Waals surface area contributed by atoms with E-state index in [4.69, 9.17) is 37.3 Å². The number of ether oxygens (including phenoxy) is 7. The number of carbonyl (C=O) groups is 2. The van der Waals surface area contributed by atoms with Crippen molar-refractivity contribution >= 4 is 45.6 Å². The van der Waals surface area contributed by atoms with E-state index in [1.807, 2.05) is 0 Å². The van der Waals surface area contributed by atoms with Crippen molar-refractivity contribution in [1.29, 1.82) is 0 Å². The summed E-state index contributed by atoms with van der Waals surface area (Å²) in [4.78, 5) is 47.6. The molecule has 0 bridgehead atoms.